The molecule has 0 atom stereocenters. The smallest absolute Gasteiger partial charge is 0.343 e. The highest BCUT2D eigenvalue weighted by Gasteiger charge is 2.23. The summed E-state index contributed by atoms with van der Waals surface area (Å²) in [5.41, 5.74) is 5.62. The number of rotatable bonds is 5. The molecule has 0 aliphatic carbocycles. The first-order chi connectivity index (χ1) is 14.9. The summed E-state index contributed by atoms with van der Waals surface area (Å²) in [5, 5.41) is 19.0. The van der Waals surface area contributed by atoms with Crippen LogP contribution in [0.1, 0.15) is 28.4 Å². The van der Waals surface area contributed by atoms with Gasteiger partial charge in [-0.25, -0.2) is 4.79 Å². The highest BCUT2D eigenvalue weighted by atomic mass is 127. The normalized spacial score (nSPS) is 10.1. The number of ether oxygens (including phenoxy) is 2. The van der Waals surface area contributed by atoms with Crippen molar-refractivity contribution in [1.82, 2.24) is 4.98 Å². The fraction of sp³-hybridized carbons (Fsp3) is 0.0909. The molecule has 3 rings (SSSR count). The minimum absolute atomic E-state index is 0.0385. The van der Waals surface area contributed by atoms with Crippen molar-refractivity contribution in [2.24, 2.45) is 0 Å². The monoisotopic (exact) mass is 526 g/mol. The van der Waals surface area contributed by atoms with Gasteiger partial charge in [0.25, 0.3) is 5.56 Å². The number of anilines is 1. The lowest BCUT2D eigenvalue weighted by atomic mass is 9.96. The first kappa shape index (κ1) is 21.9. The maximum atomic E-state index is 12.5. The van der Waals surface area contributed by atoms with Crippen molar-refractivity contribution in [2.45, 2.75) is 6.92 Å². The number of nitriles is 2. The number of esters is 1. The zero-order chi connectivity index (χ0) is 22.5. The number of aromatic amines is 1. The number of carbonyl (C=O) groups is 1. The number of hydrogen-bond donors (Lipinski definition) is 2. The van der Waals surface area contributed by atoms with E-state index in [1.165, 1.54) is 6.07 Å². The average molecular weight is 526 g/mol. The molecule has 0 fully saturated rings. The average Bonchev–Trinajstić information content (AvgIpc) is 2.76. The Bertz CT molecular complexity index is 1300. The molecule has 0 radical (unpaired) electrons. The van der Waals surface area contributed by atoms with Crippen LogP contribution in [-0.2, 0) is 0 Å². The summed E-state index contributed by atoms with van der Waals surface area (Å²) in [6.45, 7) is 2.03. The minimum atomic E-state index is -0.707. The molecule has 154 valence electrons. The zero-order valence-electron chi connectivity index (χ0n) is 16.2. The highest BCUT2D eigenvalue weighted by Crippen LogP contribution is 2.40. The molecular weight excluding hydrogens is 511 g/mol. The van der Waals surface area contributed by atoms with Gasteiger partial charge in [-0.2, -0.15) is 10.5 Å². The molecule has 9 heteroatoms. The Balaban J connectivity index is 2.19. The van der Waals surface area contributed by atoms with Crippen LogP contribution in [0.3, 0.4) is 0 Å². The summed E-state index contributed by atoms with van der Waals surface area (Å²) in [4.78, 5) is 27.1. The van der Waals surface area contributed by atoms with Gasteiger partial charge >= 0.3 is 5.97 Å². The molecule has 31 heavy (non-hydrogen) atoms. The molecular formula is C22H15IN4O4. The fourth-order valence-corrected chi connectivity index (χ4v) is 3.64. The zero-order valence-corrected chi connectivity index (χ0v) is 18.4. The number of carbonyl (C=O) groups excluding carboxylic acids is 1. The van der Waals surface area contributed by atoms with E-state index in [2.05, 4.69) is 4.98 Å². The number of pyridine rings is 1. The Kier molecular flexibility index (Phi) is 6.58. The second-order valence-electron chi connectivity index (χ2n) is 6.19. The van der Waals surface area contributed by atoms with E-state index in [1.54, 1.807) is 43.3 Å². The van der Waals surface area contributed by atoms with Crippen molar-refractivity contribution in [1.29, 1.82) is 10.5 Å². The molecule has 0 saturated carbocycles. The van der Waals surface area contributed by atoms with Gasteiger partial charge in [0.05, 0.1) is 15.7 Å². The van der Waals surface area contributed by atoms with Crippen molar-refractivity contribution in [2.75, 3.05) is 12.3 Å². The molecule has 0 amide bonds. The molecule has 0 aliphatic rings. The predicted molar refractivity (Wildman–Crippen MR) is 122 cm³/mol. The molecule has 0 bridgehead atoms. The van der Waals surface area contributed by atoms with Crippen molar-refractivity contribution >= 4 is 34.4 Å². The van der Waals surface area contributed by atoms with Crippen LogP contribution in [0.15, 0.2) is 47.3 Å². The second kappa shape index (κ2) is 9.32. The maximum absolute atomic E-state index is 12.5. The molecule has 0 unspecified atom stereocenters. The van der Waals surface area contributed by atoms with E-state index in [4.69, 9.17) is 15.2 Å². The van der Waals surface area contributed by atoms with Crippen LogP contribution in [0.5, 0.6) is 11.5 Å². The largest absolute Gasteiger partial charge is 0.490 e. The number of halogens is 1. The number of nitrogens with two attached hydrogens (primary N) is 1. The standard InChI is InChI=1S/C22H15IN4O4/c1-2-30-17-9-13(18-14(10-24)20(26)27-21(28)15(18)11-25)8-16(23)19(17)31-22(29)12-6-4-3-5-7-12/h3-9H,2H2,1H3,(H3,26,27,28). The number of H-pyrrole nitrogens is 1. The molecule has 1 heterocycles. The van der Waals surface area contributed by atoms with Crippen LogP contribution in [-0.4, -0.2) is 17.6 Å². The third-order valence-corrected chi connectivity index (χ3v) is 5.07. The van der Waals surface area contributed by atoms with E-state index < -0.39 is 11.5 Å². The third-order valence-electron chi connectivity index (χ3n) is 4.27. The molecule has 1 aromatic heterocycles. The van der Waals surface area contributed by atoms with Gasteiger partial charge in [0.1, 0.15) is 29.1 Å². The van der Waals surface area contributed by atoms with E-state index in [9.17, 15) is 20.1 Å². The van der Waals surface area contributed by atoms with Crippen molar-refractivity contribution < 1.29 is 14.3 Å². The molecule has 0 aliphatic heterocycles. The van der Waals surface area contributed by atoms with Gasteiger partial charge in [0.2, 0.25) is 0 Å². The van der Waals surface area contributed by atoms with E-state index in [-0.39, 0.29) is 40.6 Å². The summed E-state index contributed by atoms with van der Waals surface area (Å²) in [6.07, 6.45) is 0. The molecule has 2 aromatic carbocycles. The number of nitrogens with zero attached hydrogens (tertiary/aromatic N) is 2. The summed E-state index contributed by atoms with van der Waals surface area (Å²) in [7, 11) is 0. The lowest BCUT2D eigenvalue weighted by molar-refractivity contribution is 0.0727. The van der Waals surface area contributed by atoms with Crippen molar-refractivity contribution in [3.8, 4) is 34.8 Å². The third kappa shape index (κ3) is 4.37. The van der Waals surface area contributed by atoms with Crippen LogP contribution < -0.4 is 20.8 Å². The second-order valence-corrected chi connectivity index (χ2v) is 7.35. The Labute approximate surface area is 191 Å². The number of benzene rings is 2. The number of hydrogen-bond acceptors (Lipinski definition) is 7. The highest BCUT2D eigenvalue weighted by molar-refractivity contribution is 14.1. The predicted octanol–water partition coefficient (Wildman–Crippen LogP) is 3.59. The van der Waals surface area contributed by atoms with Crippen molar-refractivity contribution in [3.63, 3.8) is 0 Å². The van der Waals surface area contributed by atoms with Gasteiger partial charge in [0.15, 0.2) is 11.5 Å². The topological polar surface area (TPSA) is 142 Å². The fourth-order valence-electron chi connectivity index (χ4n) is 2.93. The van der Waals surface area contributed by atoms with Crippen LogP contribution >= 0.6 is 22.6 Å². The first-order valence-electron chi connectivity index (χ1n) is 9.01. The van der Waals surface area contributed by atoms with E-state index >= 15 is 0 Å². The van der Waals surface area contributed by atoms with Gasteiger partial charge in [-0.1, -0.05) is 18.2 Å². The lowest BCUT2D eigenvalue weighted by Crippen LogP contribution is -2.16. The van der Waals surface area contributed by atoms with E-state index in [0.717, 1.165) is 0 Å². The number of nitrogen functional groups attached to an aromatic ring is 1. The summed E-state index contributed by atoms with van der Waals surface area (Å²) < 4.78 is 11.7. The van der Waals surface area contributed by atoms with Gasteiger partial charge in [-0.15, -0.1) is 0 Å². The van der Waals surface area contributed by atoms with Gasteiger partial charge in [-0.05, 0) is 59.3 Å². The SMILES string of the molecule is CCOc1cc(-c2c(C#N)c(N)[nH]c(=O)c2C#N)cc(I)c1OC(=O)c1ccccc1. The molecule has 3 aromatic rings. The van der Waals surface area contributed by atoms with Gasteiger partial charge in [0, 0.05) is 5.56 Å². The van der Waals surface area contributed by atoms with Crippen LogP contribution in [0.2, 0.25) is 0 Å². The maximum Gasteiger partial charge on any atom is 0.343 e. The molecule has 3 N–H and O–H groups in total. The Hall–Kier alpha value is -3.83. The number of nitrogens with one attached hydrogen (secondary N) is 1. The Morgan fingerprint density at radius 1 is 1.16 bits per heavy atom. The van der Waals surface area contributed by atoms with Crippen LogP contribution in [0.4, 0.5) is 5.82 Å². The van der Waals surface area contributed by atoms with Gasteiger partial charge in [-0.3, -0.25) is 4.79 Å². The Morgan fingerprint density at radius 2 is 1.84 bits per heavy atom. The molecule has 0 saturated heterocycles. The lowest BCUT2D eigenvalue weighted by Gasteiger charge is -2.16. The summed E-state index contributed by atoms with van der Waals surface area (Å²) >= 11 is 1.96. The summed E-state index contributed by atoms with van der Waals surface area (Å²) in [6, 6.07) is 15.3. The quantitative estimate of drug-likeness (QED) is 0.294. The van der Waals surface area contributed by atoms with Gasteiger partial charge < -0.3 is 20.2 Å². The first-order valence-corrected chi connectivity index (χ1v) is 10.1. The van der Waals surface area contributed by atoms with Crippen LogP contribution in [0.25, 0.3) is 11.1 Å². The summed E-state index contributed by atoms with van der Waals surface area (Å²) in [5.74, 6) is -0.299. The molecule has 0 spiro atoms. The Morgan fingerprint density at radius 3 is 2.45 bits per heavy atom. The van der Waals surface area contributed by atoms with E-state index in [0.29, 0.717) is 14.7 Å². The van der Waals surface area contributed by atoms with Crippen molar-refractivity contribution in [3.05, 3.63) is 73.1 Å². The minimum Gasteiger partial charge on any atom is -0.490 e. The molecule has 8 nitrogen and oxygen atoms in total. The van der Waals surface area contributed by atoms with E-state index in [1.807, 2.05) is 34.7 Å². The van der Waals surface area contributed by atoms with Crippen LogP contribution in [0, 0.1) is 26.2 Å². The number of aromatic nitrogens is 1.